The second kappa shape index (κ2) is 13.7. The fourth-order valence-corrected chi connectivity index (χ4v) is 8.33. The molecule has 1 saturated carbocycles. The van der Waals surface area contributed by atoms with Crippen molar-refractivity contribution in [2.24, 2.45) is 17.8 Å². The predicted octanol–water partition coefficient (Wildman–Crippen LogP) is 3.46. The summed E-state index contributed by atoms with van der Waals surface area (Å²) in [6, 6.07) is 7.10. The summed E-state index contributed by atoms with van der Waals surface area (Å²) >= 11 is 0. The van der Waals surface area contributed by atoms with E-state index in [4.69, 9.17) is 9.47 Å². The number of nitrogens with one attached hydrogen (secondary N) is 1. The van der Waals surface area contributed by atoms with Crippen LogP contribution >= 0.6 is 0 Å². The Balaban J connectivity index is 1.43. The molecule has 4 aliphatic heterocycles. The molecule has 0 unspecified atom stereocenters. The minimum atomic E-state index is -1.40. The molecule has 1 aromatic rings. The number of nitrogens with zero attached hydrogens (tertiary/aromatic N) is 2. The molecule has 0 bridgehead atoms. The summed E-state index contributed by atoms with van der Waals surface area (Å²) < 4.78 is 12.4. The van der Waals surface area contributed by atoms with Gasteiger partial charge in [-0.3, -0.25) is 19.2 Å². The zero-order chi connectivity index (χ0) is 32.4. The second-order valence-electron chi connectivity index (χ2n) is 13.9. The van der Waals surface area contributed by atoms with Gasteiger partial charge in [0, 0.05) is 19.0 Å². The number of cyclic esters (lactones) is 1. The monoisotopic (exact) mass is 633 g/mol. The van der Waals surface area contributed by atoms with Gasteiger partial charge in [0.15, 0.2) is 0 Å². The Morgan fingerprint density at radius 3 is 2.50 bits per heavy atom. The Bertz CT molecular complexity index is 1360. The van der Waals surface area contributed by atoms with Gasteiger partial charge in [-0.05, 0) is 37.2 Å². The Labute approximate surface area is 271 Å². The van der Waals surface area contributed by atoms with Gasteiger partial charge in [-0.15, -0.1) is 0 Å². The average Bonchev–Trinajstić information content (AvgIpc) is 3.44. The van der Waals surface area contributed by atoms with Crippen LogP contribution in [0.2, 0.25) is 0 Å². The number of rotatable bonds is 6. The molecule has 7 atom stereocenters. The number of esters is 1. The summed E-state index contributed by atoms with van der Waals surface area (Å²) in [5.74, 6) is -3.09. The van der Waals surface area contributed by atoms with E-state index in [-0.39, 0.29) is 49.4 Å². The summed E-state index contributed by atoms with van der Waals surface area (Å²) in [5.41, 5.74) is -0.628. The molecule has 0 aromatic heterocycles. The zero-order valence-corrected chi connectivity index (χ0v) is 26.9. The number of carbonyl (C=O) groups is 4. The number of amides is 3. The van der Waals surface area contributed by atoms with Crippen LogP contribution in [0.1, 0.15) is 76.8 Å². The fourth-order valence-electron chi connectivity index (χ4n) is 8.33. The van der Waals surface area contributed by atoms with Crippen molar-refractivity contribution >= 4 is 23.7 Å². The van der Waals surface area contributed by atoms with E-state index >= 15 is 0 Å². The van der Waals surface area contributed by atoms with E-state index in [2.05, 4.69) is 5.32 Å². The highest BCUT2D eigenvalue weighted by molar-refractivity contribution is 6.00. The quantitative estimate of drug-likeness (QED) is 0.363. The number of allylic oxidation sites excluding steroid dienone is 1. The summed E-state index contributed by atoms with van der Waals surface area (Å²) in [6.45, 7) is 4.10. The highest BCUT2D eigenvalue weighted by Gasteiger charge is 2.72. The Kier molecular flexibility index (Phi) is 9.66. The van der Waals surface area contributed by atoms with Gasteiger partial charge in [0.2, 0.25) is 17.7 Å². The number of likely N-dealkylation sites (tertiary alicyclic amines) is 1. The van der Waals surface area contributed by atoms with Crippen LogP contribution in [-0.4, -0.2) is 88.2 Å². The van der Waals surface area contributed by atoms with Crippen molar-refractivity contribution in [3.8, 4) is 0 Å². The van der Waals surface area contributed by atoms with Crippen molar-refractivity contribution in [3.63, 3.8) is 0 Å². The molecule has 1 aliphatic carbocycles. The molecule has 2 saturated heterocycles. The maximum Gasteiger partial charge on any atom is 0.306 e. The van der Waals surface area contributed by atoms with Gasteiger partial charge >= 0.3 is 5.97 Å². The SMILES string of the molecule is CC(C)C[C@H](CO)N1C(=O)[C@H]2[C@@H]3C(=O)N[C@@H](c4ccccc4)COC(=O)CC/C=C\[C@@H]3O[C@]23C=CCN(C2CCCCC2)C(=O)[C@H]13. The van der Waals surface area contributed by atoms with Crippen molar-refractivity contribution < 1.29 is 33.8 Å². The number of fused-ring (bicyclic) bond motifs is 2. The molecular formula is C36H47N3O7. The highest BCUT2D eigenvalue weighted by Crippen LogP contribution is 2.54. The van der Waals surface area contributed by atoms with Crippen LogP contribution in [0.15, 0.2) is 54.6 Å². The molecule has 3 fully saturated rings. The fraction of sp³-hybridized carbons (Fsp3) is 0.611. The van der Waals surface area contributed by atoms with Gasteiger partial charge in [-0.1, -0.05) is 87.7 Å². The van der Waals surface area contributed by atoms with Crippen molar-refractivity contribution in [2.45, 2.75) is 101 Å². The maximum absolute atomic E-state index is 14.8. The number of aliphatic hydroxyl groups is 1. The molecule has 10 nitrogen and oxygen atoms in total. The highest BCUT2D eigenvalue weighted by atomic mass is 16.5. The Hall–Kier alpha value is -3.50. The number of hydrogen-bond donors (Lipinski definition) is 2. The molecule has 6 rings (SSSR count). The summed E-state index contributed by atoms with van der Waals surface area (Å²) in [4.78, 5) is 60.0. The molecule has 4 heterocycles. The number of aliphatic hydroxyl groups excluding tert-OH is 1. The first kappa shape index (κ1) is 32.4. The molecular weight excluding hydrogens is 586 g/mol. The molecule has 248 valence electrons. The van der Waals surface area contributed by atoms with E-state index in [1.54, 1.807) is 17.1 Å². The lowest BCUT2D eigenvalue weighted by atomic mass is 9.77. The lowest BCUT2D eigenvalue weighted by Gasteiger charge is -2.41. The zero-order valence-electron chi connectivity index (χ0n) is 26.9. The lowest BCUT2D eigenvalue weighted by Crippen LogP contribution is -2.59. The summed E-state index contributed by atoms with van der Waals surface area (Å²) in [5, 5.41) is 13.7. The van der Waals surface area contributed by atoms with Crippen molar-refractivity contribution in [1.29, 1.82) is 0 Å². The third-order valence-electron chi connectivity index (χ3n) is 10.4. The van der Waals surface area contributed by atoms with Crippen LogP contribution in [0.3, 0.4) is 0 Å². The Morgan fingerprint density at radius 2 is 1.78 bits per heavy atom. The topological polar surface area (TPSA) is 125 Å². The number of benzene rings is 1. The first-order chi connectivity index (χ1) is 22.2. The molecule has 2 N–H and O–H groups in total. The first-order valence-corrected chi connectivity index (χ1v) is 17.0. The van der Waals surface area contributed by atoms with Crippen LogP contribution in [-0.2, 0) is 28.7 Å². The normalized spacial score (nSPS) is 33.7. The molecule has 0 radical (unpaired) electrons. The van der Waals surface area contributed by atoms with Crippen LogP contribution < -0.4 is 5.32 Å². The Morgan fingerprint density at radius 1 is 1.02 bits per heavy atom. The van der Waals surface area contributed by atoms with Gasteiger partial charge in [-0.25, -0.2) is 0 Å². The number of hydrogen-bond acceptors (Lipinski definition) is 7. The van der Waals surface area contributed by atoms with E-state index in [0.717, 1.165) is 37.7 Å². The molecule has 1 spiro atoms. The largest absolute Gasteiger partial charge is 0.463 e. The van der Waals surface area contributed by atoms with Gasteiger partial charge in [0.05, 0.1) is 36.6 Å². The van der Waals surface area contributed by atoms with Gasteiger partial charge in [0.1, 0.15) is 18.2 Å². The third kappa shape index (κ3) is 6.01. The third-order valence-corrected chi connectivity index (χ3v) is 10.4. The standard InChI is InChI=1S/C36H47N3O7/c1-23(2)20-26(21-40)39-32-35(44)38(25-14-7-4-8-15-25)19-11-18-36(32)31(34(39)43)30-28(46-36)16-9-10-17-29(41)45-22-27(37-33(30)42)24-12-5-3-6-13-24/h3,5-6,9,11-13,16,18,23,25-28,30-32,40H,4,7-8,10,14-15,17,19-22H2,1-2H3,(H,37,42)/b16-9-/t26-,27-,28+,30-,31-,32+,36-/m1/s1. The molecule has 46 heavy (non-hydrogen) atoms. The van der Waals surface area contributed by atoms with Crippen LogP contribution in [0.4, 0.5) is 0 Å². The van der Waals surface area contributed by atoms with E-state index in [1.165, 1.54) is 0 Å². The van der Waals surface area contributed by atoms with Crippen LogP contribution in [0, 0.1) is 17.8 Å². The van der Waals surface area contributed by atoms with E-state index in [1.807, 2.05) is 61.2 Å². The predicted molar refractivity (Wildman–Crippen MR) is 170 cm³/mol. The molecule has 5 aliphatic rings. The lowest BCUT2D eigenvalue weighted by molar-refractivity contribution is -0.153. The van der Waals surface area contributed by atoms with E-state index in [9.17, 15) is 24.3 Å². The summed E-state index contributed by atoms with van der Waals surface area (Å²) in [6.07, 6.45) is 12.6. The van der Waals surface area contributed by atoms with E-state index < -0.39 is 47.6 Å². The molecule has 1 aromatic carbocycles. The maximum atomic E-state index is 14.8. The van der Waals surface area contributed by atoms with Crippen molar-refractivity contribution in [1.82, 2.24) is 15.1 Å². The van der Waals surface area contributed by atoms with Crippen LogP contribution in [0.25, 0.3) is 0 Å². The smallest absolute Gasteiger partial charge is 0.306 e. The molecule has 3 amide bonds. The summed E-state index contributed by atoms with van der Waals surface area (Å²) in [7, 11) is 0. The van der Waals surface area contributed by atoms with Crippen molar-refractivity contribution in [3.05, 3.63) is 60.2 Å². The first-order valence-electron chi connectivity index (χ1n) is 17.0. The van der Waals surface area contributed by atoms with Crippen molar-refractivity contribution in [2.75, 3.05) is 19.8 Å². The van der Waals surface area contributed by atoms with Crippen LogP contribution in [0.5, 0.6) is 0 Å². The van der Waals surface area contributed by atoms with E-state index in [0.29, 0.717) is 19.4 Å². The minimum absolute atomic E-state index is 0.0508. The average molecular weight is 634 g/mol. The van der Waals surface area contributed by atoms with Gasteiger partial charge in [-0.2, -0.15) is 0 Å². The van der Waals surface area contributed by atoms with Gasteiger partial charge < -0.3 is 29.7 Å². The van der Waals surface area contributed by atoms with Gasteiger partial charge in [0.25, 0.3) is 0 Å². The minimum Gasteiger partial charge on any atom is -0.463 e. The molecule has 10 heteroatoms. The number of ether oxygens (including phenoxy) is 2. The number of carbonyl (C=O) groups excluding carboxylic acids is 4. The second-order valence-corrected chi connectivity index (χ2v) is 13.9.